The molecule has 1 atom stereocenters. The molecule has 5 aromatic carbocycles. The minimum Gasteiger partial charge on any atom is -0.257 e. The van der Waals surface area contributed by atoms with Gasteiger partial charge in [0.15, 0.2) is 30.5 Å². The number of aromatic nitrogens is 10. The first kappa shape index (κ1) is 80.3. The molecule has 0 saturated carbocycles. The topological polar surface area (TPSA) is 83.8 Å². The van der Waals surface area contributed by atoms with Gasteiger partial charge in [-0.2, -0.15) is 4.57 Å². The lowest BCUT2D eigenvalue weighted by molar-refractivity contribution is -0.666. The maximum absolute atomic E-state index is 8.43. The van der Waals surface area contributed by atoms with E-state index in [1.54, 1.807) is 0 Å². The van der Waals surface area contributed by atoms with E-state index in [2.05, 4.69) is 360 Å². The molecular weight excluding hydrogens is 1500 g/mol. The van der Waals surface area contributed by atoms with Crippen molar-refractivity contribution in [1.82, 2.24) is 24.9 Å². The summed E-state index contributed by atoms with van der Waals surface area (Å²) < 4.78 is 36.3. The summed E-state index contributed by atoms with van der Waals surface area (Å²) in [6, 6.07) is 71.4. The van der Waals surface area contributed by atoms with E-state index in [4.69, 9.17) is 29.0 Å². The largest absolute Gasteiger partial charge is 0.257 e. The fourth-order valence-corrected chi connectivity index (χ4v) is 20.6. The van der Waals surface area contributed by atoms with E-state index in [1.165, 1.54) is 174 Å². The third-order valence-electron chi connectivity index (χ3n) is 27.0. The minimum atomic E-state index is -2.22. The maximum Gasteiger partial charge on any atom is 0.213 e. The highest BCUT2D eigenvalue weighted by atomic mass is 15.0. The Morgan fingerprint density at radius 1 is 0.244 bits per heavy atom. The van der Waals surface area contributed by atoms with Gasteiger partial charge in [-0.15, -0.1) is 0 Å². The van der Waals surface area contributed by atoms with E-state index in [-0.39, 0.29) is 21.7 Å². The summed E-state index contributed by atoms with van der Waals surface area (Å²) in [5, 5.41) is 0. The minimum absolute atomic E-state index is 0.0963. The second-order valence-electron chi connectivity index (χ2n) is 37.7. The number of hydrogen-bond acceptors (Lipinski definition) is 5. The molecule has 10 nitrogen and oxygen atoms in total. The Bertz CT molecular complexity index is 6900. The van der Waals surface area contributed by atoms with Crippen molar-refractivity contribution in [3.8, 4) is 112 Å². The van der Waals surface area contributed by atoms with Crippen LogP contribution in [0.1, 0.15) is 203 Å². The first-order chi connectivity index (χ1) is 59.5. The van der Waals surface area contributed by atoms with Gasteiger partial charge < -0.3 is 0 Å². The number of fused-ring (bicyclic) bond motifs is 15. The van der Waals surface area contributed by atoms with Gasteiger partial charge in [0.25, 0.3) is 0 Å². The van der Waals surface area contributed by atoms with E-state index < -0.39 is 12.3 Å². The van der Waals surface area contributed by atoms with Gasteiger partial charge in [-0.25, -0.2) is 18.3 Å². The van der Waals surface area contributed by atoms with Gasteiger partial charge in [-0.3, -0.25) is 24.9 Å². The van der Waals surface area contributed by atoms with Crippen LogP contribution in [0.4, 0.5) is 0 Å². The van der Waals surface area contributed by atoms with Crippen LogP contribution in [0.25, 0.3) is 112 Å². The highest BCUT2D eigenvalue weighted by Crippen LogP contribution is 2.58. The molecule has 5 aliphatic rings. The summed E-state index contributed by atoms with van der Waals surface area (Å²) in [6.07, 6.45) is 8.46. The van der Waals surface area contributed by atoms with E-state index in [9.17, 15) is 0 Å². The Labute approximate surface area is 735 Å². The molecule has 0 aliphatic heterocycles. The summed E-state index contributed by atoms with van der Waals surface area (Å²) in [5.41, 5.74) is 50.4. The SMILES string of the molecule is Cc1cc[n+](C)c(-c2c(C)ccc3c2C(C)(C)c2nc(C)ccc2-3)c1.Cc1ccc(-c2c(C)ccc3c2C(C)(C)c2nc(C)ccc2-3)[n+](C)c1.Cc1ccc2c(n1)C(C)(C)c1c-2ccc(C)c1-c1cccc(C)[n+]1C.Cc1ccc2c(n1)C(C)(C)c1c-2ccc(C)c1-c1cccc[n+]1C.[2H]C([2H])([2H])C1(C)c2nc(C)ccc2-c2ccc(C)c(-c3cccc[n+]3C)c21. The lowest BCUT2D eigenvalue weighted by atomic mass is 9.80. The molecule has 10 aromatic heterocycles. The predicted molar refractivity (Wildman–Crippen MR) is 504 cm³/mol. The number of rotatable bonds is 5. The molecule has 5 aliphatic carbocycles. The molecule has 0 radical (unpaired) electrons. The molecule has 10 heteroatoms. The van der Waals surface area contributed by atoms with Crippen molar-refractivity contribution in [1.29, 1.82) is 0 Å². The molecule has 15 aromatic rings. The highest BCUT2D eigenvalue weighted by Gasteiger charge is 2.47. The fraction of sp³-hybridized carbons (Fsp3) is 0.292. The third kappa shape index (κ3) is 14.1. The Kier molecular flexibility index (Phi) is 20.4. The average Bonchev–Trinajstić information content (AvgIpc) is 1.54. The van der Waals surface area contributed by atoms with Gasteiger partial charge in [0, 0.05) is 155 Å². The van der Waals surface area contributed by atoms with E-state index in [0.717, 1.165) is 62.0 Å². The monoisotopic (exact) mass is 1620 g/mol. The van der Waals surface area contributed by atoms with E-state index >= 15 is 0 Å². The van der Waals surface area contributed by atoms with Gasteiger partial charge in [-0.1, -0.05) is 160 Å². The molecule has 0 saturated heterocycles. The zero-order chi connectivity index (χ0) is 90.4. The van der Waals surface area contributed by atoms with Gasteiger partial charge in [0.2, 0.25) is 28.5 Å². The van der Waals surface area contributed by atoms with Crippen molar-refractivity contribution in [2.45, 2.75) is 186 Å². The Morgan fingerprint density at radius 2 is 0.528 bits per heavy atom. The third-order valence-corrected chi connectivity index (χ3v) is 27.0. The predicted octanol–water partition coefficient (Wildman–Crippen LogP) is 23.4. The quantitative estimate of drug-likeness (QED) is 0.160. The van der Waals surface area contributed by atoms with Gasteiger partial charge in [-0.05, 0) is 227 Å². The summed E-state index contributed by atoms with van der Waals surface area (Å²) in [7, 11) is 10.5. The first-order valence-corrected chi connectivity index (χ1v) is 43.4. The van der Waals surface area contributed by atoms with Crippen molar-refractivity contribution in [3.63, 3.8) is 0 Å². The zero-order valence-corrected chi connectivity index (χ0v) is 77.3. The van der Waals surface area contributed by atoms with E-state index in [1.807, 2.05) is 75.0 Å². The molecular formula is C113H121N10+5. The van der Waals surface area contributed by atoms with Crippen molar-refractivity contribution < 1.29 is 26.9 Å². The summed E-state index contributed by atoms with van der Waals surface area (Å²) in [4.78, 5) is 24.4. The lowest BCUT2D eigenvalue weighted by Crippen LogP contribution is -2.35. The molecule has 0 N–H and O–H groups in total. The highest BCUT2D eigenvalue weighted by molar-refractivity contribution is 5.93. The molecule has 0 fully saturated rings. The van der Waals surface area contributed by atoms with Crippen LogP contribution in [-0.2, 0) is 62.3 Å². The normalized spacial score (nSPS) is 15.6. The molecule has 1 unspecified atom stereocenters. The van der Waals surface area contributed by atoms with Crippen LogP contribution in [-0.4, -0.2) is 24.9 Å². The summed E-state index contributed by atoms with van der Waals surface area (Å²) >= 11 is 0. The standard InChI is InChI=1S/3C23H25N2.2C22H23N2/c1-14-7-12-19(25(6)13-14)20-15(2)8-10-17-18-11-9-16(3)24-22(18)23(4,5)21(17)20;1-14-11-12-25(6)19(13-14)20-15(2)7-9-17-18-10-8-16(3)24-22(18)23(4,5)21(17)20;1-14-10-12-17-18-13-11-15(2)24-22(18)23(4,5)21(17)20(14)19-9-7-8-16(3)25(19)6;2*1-14-9-11-16-17-12-10-15(2)23-21(17)22(3,4)20(16)19(14)18-8-6-7-13-24(18)5/h3*7-13H,1-6H3;2*6-13H,1-5H3/q5*+1/i;;;3D3;. The van der Waals surface area contributed by atoms with Crippen molar-refractivity contribution in [2.75, 3.05) is 0 Å². The number of nitrogens with zero attached hydrogens (tertiary/aromatic N) is 10. The van der Waals surface area contributed by atoms with Crippen LogP contribution >= 0.6 is 0 Å². The van der Waals surface area contributed by atoms with Crippen LogP contribution < -0.4 is 22.8 Å². The Balaban J connectivity index is 0.000000116. The summed E-state index contributed by atoms with van der Waals surface area (Å²) in [5.74, 6) is 0. The number of benzene rings is 5. The molecule has 20 rings (SSSR count). The molecule has 10 heterocycles. The molecule has 0 spiro atoms. The van der Waals surface area contributed by atoms with Crippen molar-refractivity contribution in [2.24, 2.45) is 35.2 Å². The Morgan fingerprint density at radius 3 is 0.854 bits per heavy atom. The smallest absolute Gasteiger partial charge is 0.213 e. The summed E-state index contributed by atoms with van der Waals surface area (Å²) in [6.45, 7) is 45.6. The Hall–Kier alpha value is -12.4. The van der Waals surface area contributed by atoms with Gasteiger partial charge >= 0.3 is 0 Å². The molecule has 0 amide bonds. The lowest BCUT2D eigenvalue weighted by Gasteiger charge is -2.24. The van der Waals surface area contributed by atoms with E-state index in [0.29, 0.717) is 5.69 Å². The second-order valence-corrected chi connectivity index (χ2v) is 37.7. The van der Waals surface area contributed by atoms with Crippen LogP contribution in [0.15, 0.2) is 225 Å². The number of aryl methyl sites for hydroxylation is 17. The molecule has 618 valence electrons. The van der Waals surface area contributed by atoms with Gasteiger partial charge in [0.1, 0.15) is 35.2 Å². The zero-order valence-electron chi connectivity index (χ0n) is 80.3. The van der Waals surface area contributed by atoms with Crippen molar-refractivity contribution in [3.05, 3.63) is 354 Å². The van der Waals surface area contributed by atoms with Crippen LogP contribution in [0.5, 0.6) is 0 Å². The molecule has 123 heavy (non-hydrogen) atoms. The number of pyridine rings is 10. The van der Waals surface area contributed by atoms with Crippen LogP contribution in [0.2, 0.25) is 0 Å². The average molecular weight is 1620 g/mol. The van der Waals surface area contributed by atoms with Crippen LogP contribution in [0, 0.1) is 90.0 Å². The fourth-order valence-electron chi connectivity index (χ4n) is 20.6. The molecule has 0 bridgehead atoms. The number of hydrogen-bond donors (Lipinski definition) is 0. The van der Waals surface area contributed by atoms with Crippen molar-refractivity contribution >= 4 is 0 Å². The maximum atomic E-state index is 8.43. The first-order valence-electron chi connectivity index (χ1n) is 44.9. The second kappa shape index (κ2) is 31.2. The van der Waals surface area contributed by atoms with Crippen LogP contribution in [0.3, 0.4) is 0 Å². The van der Waals surface area contributed by atoms with Gasteiger partial charge in [0.05, 0.1) is 56.3 Å².